The van der Waals surface area contributed by atoms with E-state index in [-0.39, 0.29) is 17.3 Å². The first kappa shape index (κ1) is 19.9. The van der Waals surface area contributed by atoms with Crippen LogP contribution in [0.4, 0.5) is 19.0 Å². The number of rotatable bonds is 2. The summed E-state index contributed by atoms with van der Waals surface area (Å²) in [6, 6.07) is 4.55. The number of likely N-dealkylation sites (tertiary alicyclic amines) is 1. The number of piperidine rings is 1. The van der Waals surface area contributed by atoms with Crippen LogP contribution in [0.2, 0.25) is 0 Å². The Kier molecular flexibility index (Phi) is 4.93. The zero-order valence-corrected chi connectivity index (χ0v) is 16.8. The topological polar surface area (TPSA) is 52.5 Å². The number of anilines is 1. The van der Waals surface area contributed by atoms with E-state index in [2.05, 4.69) is 34.0 Å². The van der Waals surface area contributed by atoms with Crippen LogP contribution in [0.3, 0.4) is 0 Å². The van der Waals surface area contributed by atoms with Crippen LogP contribution in [0.1, 0.15) is 36.5 Å². The van der Waals surface area contributed by atoms with Crippen LogP contribution in [0.5, 0.6) is 5.75 Å². The molecule has 2 aliphatic rings. The fourth-order valence-corrected chi connectivity index (χ4v) is 4.70. The van der Waals surface area contributed by atoms with Crippen LogP contribution < -0.4 is 4.90 Å². The minimum absolute atomic E-state index is 0.0587. The molecule has 1 unspecified atom stereocenters. The molecular weight excluding hydrogens is 381 g/mol. The van der Waals surface area contributed by atoms with E-state index in [1.54, 1.807) is 6.07 Å². The van der Waals surface area contributed by atoms with E-state index in [9.17, 15) is 18.3 Å². The minimum Gasteiger partial charge on any atom is -0.507 e. The van der Waals surface area contributed by atoms with Crippen LogP contribution in [-0.2, 0) is 12.6 Å². The van der Waals surface area contributed by atoms with Crippen molar-refractivity contribution in [2.24, 2.45) is 0 Å². The maximum absolute atomic E-state index is 13.6. The van der Waals surface area contributed by atoms with Gasteiger partial charge >= 0.3 is 6.18 Å². The average Bonchev–Trinajstić information content (AvgIpc) is 2.95. The number of aromatic nitrogens is 2. The van der Waals surface area contributed by atoms with Gasteiger partial charge in [-0.2, -0.15) is 13.2 Å². The summed E-state index contributed by atoms with van der Waals surface area (Å²) in [5.41, 5.74) is 0.0871. The van der Waals surface area contributed by atoms with Gasteiger partial charge in [0.2, 0.25) is 0 Å². The lowest BCUT2D eigenvalue weighted by Gasteiger charge is -2.39. The molecule has 29 heavy (non-hydrogen) atoms. The molecule has 1 fully saturated rings. The quantitative estimate of drug-likeness (QED) is 0.816. The number of benzene rings is 1. The molecule has 2 atom stereocenters. The Hall–Kier alpha value is -2.35. The van der Waals surface area contributed by atoms with Gasteiger partial charge in [-0.05, 0) is 70.5 Å². The van der Waals surface area contributed by atoms with E-state index in [0.29, 0.717) is 18.0 Å². The first-order valence-corrected chi connectivity index (χ1v) is 9.90. The number of halogens is 3. The highest BCUT2D eigenvalue weighted by atomic mass is 19.4. The summed E-state index contributed by atoms with van der Waals surface area (Å²) >= 11 is 0. The monoisotopic (exact) mass is 406 g/mol. The normalized spacial score (nSPS) is 22.8. The number of likely N-dealkylation sites (N-methyl/N-ethyl adjacent to an activating group) is 1. The van der Waals surface area contributed by atoms with Crippen LogP contribution in [0.25, 0.3) is 11.3 Å². The lowest BCUT2D eigenvalue weighted by molar-refractivity contribution is -0.137. The number of aryl methyl sites for hydroxylation is 1. The molecular formula is C21H25F3N4O. The average molecular weight is 406 g/mol. The zero-order valence-electron chi connectivity index (χ0n) is 16.8. The van der Waals surface area contributed by atoms with Gasteiger partial charge < -0.3 is 14.9 Å². The summed E-state index contributed by atoms with van der Waals surface area (Å²) in [5, 5.41) is 18.7. The first-order chi connectivity index (χ1) is 13.6. The lowest BCUT2D eigenvalue weighted by Crippen LogP contribution is -2.49. The Labute approximate surface area is 168 Å². The Morgan fingerprint density at radius 2 is 1.93 bits per heavy atom. The van der Waals surface area contributed by atoms with Crippen molar-refractivity contribution in [2.75, 3.05) is 25.0 Å². The molecule has 1 aromatic heterocycles. The van der Waals surface area contributed by atoms with Gasteiger partial charge in [0.15, 0.2) is 5.82 Å². The number of nitrogens with zero attached hydrogens (tertiary/aromatic N) is 4. The molecule has 1 aromatic carbocycles. The molecule has 4 rings (SSSR count). The number of aromatic hydroxyl groups is 1. The molecule has 2 aliphatic heterocycles. The van der Waals surface area contributed by atoms with Crippen molar-refractivity contribution in [1.82, 2.24) is 15.1 Å². The van der Waals surface area contributed by atoms with Crippen molar-refractivity contribution in [3.8, 4) is 17.0 Å². The molecule has 8 heteroatoms. The van der Waals surface area contributed by atoms with Gasteiger partial charge in [0.1, 0.15) is 5.75 Å². The molecule has 0 radical (unpaired) electrons. The third-order valence-electron chi connectivity index (χ3n) is 5.90. The second-order valence-corrected chi connectivity index (χ2v) is 8.30. The molecule has 2 aromatic rings. The summed E-state index contributed by atoms with van der Waals surface area (Å²) in [4.78, 5) is 4.56. The Morgan fingerprint density at radius 3 is 2.62 bits per heavy atom. The predicted molar refractivity (Wildman–Crippen MR) is 105 cm³/mol. The summed E-state index contributed by atoms with van der Waals surface area (Å²) in [5.74, 6) is 0.324. The molecule has 1 N–H and O–H groups in total. The van der Waals surface area contributed by atoms with E-state index >= 15 is 0 Å². The minimum atomic E-state index is -4.59. The van der Waals surface area contributed by atoms with Crippen LogP contribution in [0, 0.1) is 6.92 Å². The molecule has 0 spiro atoms. The highest BCUT2D eigenvalue weighted by molar-refractivity contribution is 5.74. The fourth-order valence-electron chi connectivity index (χ4n) is 4.70. The molecule has 0 aliphatic carbocycles. The second-order valence-electron chi connectivity index (χ2n) is 8.30. The fraction of sp³-hybridized carbons (Fsp3) is 0.524. The summed E-state index contributed by atoms with van der Waals surface area (Å²) in [6.07, 6.45) is -1.72. The SMILES string of the molecule is Cc1cc(O)c(-c2cc3c(nn2)N([C@@H]2CCCN(C)C2)C(C)C3)c(C(F)(F)F)c1. The Bertz CT molecular complexity index is 931. The van der Waals surface area contributed by atoms with Crippen molar-refractivity contribution in [3.63, 3.8) is 0 Å². The van der Waals surface area contributed by atoms with Crippen molar-refractivity contribution in [3.05, 3.63) is 34.9 Å². The van der Waals surface area contributed by atoms with E-state index < -0.39 is 17.5 Å². The molecule has 3 heterocycles. The third-order valence-corrected chi connectivity index (χ3v) is 5.90. The lowest BCUT2D eigenvalue weighted by atomic mass is 9.98. The van der Waals surface area contributed by atoms with E-state index in [1.165, 1.54) is 13.0 Å². The predicted octanol–water partition coefficient (Wildman–Crippen LogP) is 4.02. The van der Waals surface area contributed by atoms with E-state index in [1.807, 2.05) is 0 Å². The van der Waals surface area contributed by atoms with Gasteiger partial charge in [0.05, 0.1) is 16.8 Å². The molecule has 0 bridgehead atoms. The first-order valence-electron chi connectivity index (χ1n) is 9.90. The van der Waals surface area contributed by atoms with Crippen molar-refractivity contribution in [1.29, 1.82) is 0 Å². The second kappa shape index (κ2) is 7.16. The highest BCUT2D eigenvalue weighted by Gasteiger charge is 2.38. The smallest absolute Gasteiger partial charge is 0.417 e. The number of alkyl halides is 3. The van der Waals surface area contributed by atoms with Crippen molar-refractivity contribution in [2.45, 2.75) is 51.4 Å². The number of phenols is 1. The van der Waals surface area contributed by atoms with Crippen LogP contribution in [0.15, 0.2) is 18.2 Å². The Balaban J connectivity index is 1.75. The van der Waals surface area contributed by atoms with Gasteiger partial charge in [0.25, 0.3) is 0 Å². The number of hydrogen-bond donors (Lipinski definition) is 1. The zero-order chi connectivity index (χ0) is 20.9. The summed E-state index contributed by atoms with van der Waals surface area (Å²) in [6.45, 7) is 5.64. The molecule has 5 nitrogen and oxygen atoms in total. The van der Waals surface area contributed by atoms with Crippen molar-refractivity contribution >= 4 is 5.82 Å². The highest BCUT2D eigenvalue weighted by Crippen LogP contribution is 2.43. The van der Waals surface area contributed by atoms with Crippen LogP contribution in [-0.4, -0.2) is 52.4 Å². The largest absolute Gasteiger partial charge is 0.507 e. The maximum Gasteiger partial charge on any atom is 0.417 e. The molecule has 0 saturated carbocycles. The molecule has 1 saturated heterocycles. The Morgan fingerprint density at radius 1 is 1.17 bits per heavy atom. The van der Waals surface area contributed by atoms with E-state index in [0.717, 1.165) is 43.4 Å². The van der Waals surface area contributed by atoms with Crippen LogP contribution >= 0.6 is 0 Å². The van der Waals surface area contributed by atoms with Gasteiger partial charge in [-0.3, -0.25) is 0 Å². The van der Waals surface area contributed by atoms with Gasteiger partial charge in [-0.1, -0.05) is 0 Å². The van der Waals surface area contributed by atoms with E-state index in [4.69, 9.17) is 0 Å². The number of phenolic OH excluding ortho intramolecular Hbond substituents is 1. The summed E-state index contributed by atoms with van der Waals surface area (Å²) < 4.78 is 40.8. The standard InChI is InChI=1S/C21H25F3N4O/c1-12-7-16(21(22,23)24)19(18(29)8-12)17-10-14-9-13(2)28(20(14)26-25-17)15-5-4-6-27(3)11-15/h7-8,10,13,15,29H,4-6,9,11H2,1-3H3/t13?,15-/m1/s1. The number of fused-ring (bicyclic) bond motifs is 1. The summed E-state index contributed by atoms with van der Waals surface area (Å²) in [7, 11) is 2.10. The van der Waals surface area contributed by atoms with Gasteiger partial charge in [0, 0.05) is 24.2 Å². The van der Waals surface area contributed by atoms with Gasteiger partial charge in [-0.15, -0.1) is 10.2 Å². The number of hydrogen-bond acceptors (Lipinski definition) is 5. The van der Waals surface area contributed by atoms with Crippen molar-refractivity contribution < 1.29 is 18.3 Å². The van der Waals surface area contributed by atoms with Gasteiger partial charge in [-0.25, -0.2) is 0 Å². The molecule has 0 amide bonds. The maximum atomic E-state index is 13.6. The molecule has 156 valence electrons. The third kappa shape index (κ3) is 3.66.